The van der Waals surface area contributed by atoms with Gasteiger partial charge in [0.1, 0.15) is 5.92 Å². The number of oxime groups is 1. The van der Waals surface area contributed by atoms with Crippen LogP contribution in [0.3, 0.4) is 0 Å². The summed E-state index contributed by atoms with van der Waals surface area (Å²) in [6.07, 6.45) is 0. The molecule has 6 nitrogen and oxygen atoms in total. The predicted molar refractivity (Wildman–Crippen MR) is 76.6 cm³/mol. The molecule has 2 unspecified atom stereocenters. The first kappa shape index (κ1) is 16.0. The van der Waals surface area contributed by atoms with Gasteiger partial charge in [-0.25, -0.2) is 0 Å². The molecule has 1 aromatic carbocycles. The van der Waals surface area contributed by atoms with Gasteiger partial charge in [0.2, 0.25) is 5.91 Å². The van der Waals surface area contributed by atoms with E-state index in [9.17, 15) is 4.79 Å². The number of carbonyl (C=O) groups excluding carboxylic acids is 1. The van der Waals surface area contributed by atoms with Crippen LogP contribution in [0.5, 0.6) is 0 Å². The number of methoxy groups -OCH3 is 1. The number of ether oxygens (including phenoxy) is 1. The van der Waals surface area contributed by atoms with Gasteiger partial charge < -0.3 is 21.0 Å². The van der Waals surface area contributed by atoms with Crippen molar-refractivity contribution in [3.05, 3.63) is 35.9 Å². The van der Waals surface area contributed by atoms with Crippen LogP contribution in [-0.4, -0.2) is 37.2 Å². The second kappa shape index (κ2) is 8.16. The van der Waals surface area contributed by atoms with E-state index in [2.05, 4.69) is 10.5 Å². The minimum atomic E-state index is -0.795. The van der Waals surface area contributed by atoms with Crippen molar-refractivity contribution in [2.24, 2.45) is 16.8 Å². The van der Waals surface area contributed by atoms with Crippen LogP contribution in [0.25, 0.3) is 0 Å². The van der Waals surface area contributed by atoms with Crippen LogP contribution < -0.4 is 11.1 Å². The zero-order valence-corrected chi connectivity index (χ0v) is 11.7. The van der Waals surface area contributed by atoms with Crippen molar-refractivity contribution < 1.29 is 14.7 Å². The molecule has 1 amide bonds. The second-order valence-electron chi connectivity index (χ2n) is 4.67. The number of amidine groups is 1. The van der Waals surface area contributed by atoms with Gasteiger partial charge >= 0.3 is 0 Å². The van der Waals surface area contributed by atoms with Crippen LogP contribution in [0.4, 0.5) is 0 Å². The summed E-state index contributed by atoms with van der Waals surface area (Å²) in [4.78, 5) is 12.2. The molecule has 0 aliphatic rings. The summed E-state index contributed by atoms with van der Waals surface area (Å²) >= 11 is 0. The fourth-order valence-corrected chi connectivity index (χ4v) is 1.88. The number of benzene rings is 1. The first-order valence-corrected chi connectivity index (χ1v) is 6.39. The Hall–Kier alpha value is -2.08. The summed E-state index contributed by atoms with van der Waals surface area (Å²) < 4.78 is 5.01. The summed E-state index contributed by atoms with van der Waals surface area (Å²) in [5.41, 5.74) is 6.31. The molecule has 0 bridgehead atoms. The summed E-state index contributed by atoms with van der Waals surface area (Å²) in [5, 5.41) is 14.6. The van der Waals surface area contributed by atoms with Crippen LogP contribution in [0, 0.1) is 5.92 Å². The van der Waals surface area contributed by atoms with E-state index in [1.165, 1.54) is 0 Å². The molecule has 0 fully saturated rings. The molecule has 0 saturated carbocycles. The Morgan fingerprint density at radius 2 is 2.10 bits per heavy atom. The molecule has 0 aromatic heterocycles. The van der Waals surface area contributed by atoms with Gasteiger partial charge in [0, 0.05) is 13.7 Å². The van der Waals surface area contributed by atoms with E-state index >= 15 is 0 Å². The van der Waals surface area contributed by atoms with Gasteiger partial charge in [-0.3, -0.25) is 4.79 Å². The van der Waals surface area contributed by atoms with Crippen molar-refractivity contribution >= 4 is 11.7 Å². The number of hydrogen-bond donors (Lipinski definition) is 3. The van der Waals surface area contributed by atoms with E-state index in [0.717, 1.165) is 0 Å². The smallest absolute Gasteiger partial charge is 0.235 e. The standard InChI is InChI=1S/C14H21N3O3/c1-10(9-20-2)8-16-14(18)12(13(15)17-19)11-6-4-3-5-7-11/h3-7,10,12,19H,8-9H2,1-2H3,(H2,15,17)(H,16,18). The number of carbonyl (C=O) groups is 1. The third kappa shape index (κ3) is 4.55. The number of rotatable bonds is 7. The predicted octanol–water partition coefficient (Wildman–Crippen LogP) is 0.915. The Bertz CT molecular complexity index is 448. The van der Waals surface area contributed by atoms with Crippen molar-refractivity contribution in [2.45, 2.75) is 12.8 Å². The quantitative estimate of drug-likeness (QED) is 0.299. The van der Waals surface area contributed by atoms with E-state index in [0.29, 0.717) is 18.7 Å². The van der Waals surface area contributed by atoms with E-state index in [1.807, 2.05) is 13.0 Å². The molecule has 6 heteroatoms. The summed E-state index contributed by atoms with van der Waals surface area (Å²) in [6, 6.07) is 8.97. The highest BCUT2D eigenvalue weighted by atomic mass is 16.5. The van der Waals surface area contributed by atoms with Gasteiger partial charge in [-0.05, 0) is 11.5 Å². The minimum absolute atomic E-state index is 0.131. The zero-order valence-electron chi connectivity index (χ0n) is 11.7. The molecule has 4 N–H and O–H groups in total. The molecule has 1 rings (SSSR count). The Balaban J connectivity index is 2.77. The first-order chi connectivity index (χ1) is 9.60. The Labute approximate surface area is 118 Å². The fourth-order valence-electron chi connectivity index (χ4n) is 1.88. The topological polar surface area (TPSA) is 96.9 Å². The first-order valence-electron chi connectivity index (χ1n) is 6.39. The lowest BCUT2D eigenvalue weighted by Gasteiger charge is -2.17. The monoisotopic (exact) mass is 279 g/mol. The fraction of sp³-hybridized carbons (Fsp3) is 0.429. The highest BCUT2D eigenvalue weighted by molar-refractivity contribution is 6.07. The van der Waals surface area contributed by atoms with Crippen LogP contribution >= 0.6 is 0 Å². The van der Waals surface area contributed by atoms with Crippen LogP contribution in [0.1, 0.15) is 18.4 Å². The Morgan fingerprint density at radius 3 is 2.65 bits per heavy atom. The molecule has 0 aliphatic heterocycles. The average Bonchev–Trinajstić information content (AvgIpc) is 2.46. The maximum Gasteiger partial charge on any atom is 0.235 e. The van der Waals surface area contributed by atoms with E-state index in [-0.39, 0.29) is 17.7 Å². The summed E-state index contributed by atoms with van der Waals surface area (Å²) in [5.74, 6) is -1.04. The molecule has 110 valence electrons. The van der Waals surface area contributed by atoms with Crippen LogP contribution in [0.2, 0.25) is 0 Å². The molecule has 0 spiro atoms. The van der Waals surface area contributed by atoms with E-state index < -0.39 is 5.92 Å². The van der Waals surface area contributed by atoms with Gasteiger partial charge in [0.25, 0.3) is 0 Å². The molecule has 1 aromatic rings. The van der Waals surface area contributed by atoms with Crippen molar-refractivity contribution in [2.75, 3.05) is 20.3 Å². The molecule has 0 heterocycles. The molecule has 2 atom stereocenters. The number of nitrogens with two attached hydrogens (primary N) is 1. The van der Waals surface area contributed by atoms with Crippen molar-refractivity contribution in [1.29, 1.82) is 0 Å². The van der Waals surface area contributed by atoms with Gasteiger partial charge in [-0.15, -0.1) is 0 Å². The molecule has 0 aliphatic carbocycles. The highest BCUT2D eigenvalue weighted by Crippen LogP contribution is 2.16. The zero-order chi connectivity index (χ0) is 15.0. The second-order valence-corrected chi connectivity index (χ2v) is 4.67. The van der Waals surface area contributed by atoms with Crippen molar-refractivity contribution in [3.8, 4) is 0 Å². The lowest BCUT2D eigenvalue weighted by atomic mass is 9.97. The maximum absolute atomic E-state index is 12.2. The van der Waals surface area contributed by atoms with Gasteiger partial charge in [-0.1, -0.05) is 42.4 Å². The Morgan fingerprint density at radius 1 is 1.45 bits per heavy atom. The third-order valence-electron chi connectivity index (χ3n) is 2.88. The van der Waals surface area contributed by atoms with Crippen molar-refractivity contribution in [1.82, 2.24) is 5.32 Å². The van der Waals surface area contributed by atoms with Crippen LogP contribution in [-0.2, 0) is 9.53 Å². The largest absolute Gasteiger partial charge is 0.409 e. The number of amides is 1. The van der Waals surface area contributed by atoms with Gasteiger partial charge in [-0.2, -0.15) is 0 Å². The summed E-state index contributed by atoms with van der Waals surface area (Å²) in [6.45, 7) is 2.99. The van der Waals surface area contributed by atoms with E-state index in [1.54, 1.807) is 31.4 Å². The molecular weight excluding hydrogens is 258 g/mol. The third-order valence-corrected chi connectivity index (χ3v) is 2.88. The van der Waals surface area contributed by atoms with Crippen LogP contribution in [0.15, 0.2) is 35.5 Å². The average molecular weight is 279 g/mol. The molecule has 0 radical (unpaired) electrons. The number of nitrogens with one attached hydrogen (secondary N) is 1. The lowest BCUT2D eigenvalue weighted by Crippen LogP contribution is -2.39. The maximum atomic E-state index is 12.2. The van der Waals surface area contributed by atoms with E-state index in [4.69, 9.17) is 15.7 Å². The van der Waals surface area contributed by atoms with Gasteiger partial charge in [0.05, 0.1) is 6.61 Å². The highest BCUT2D eigenvalue weighted by Gasteiger charge is 2.25. The molecule has 20 heavy (non-hydrogen) atoms. The number of hydrogen-bond acceptors (Lipinski definition) is 4. The normalized spacial score (nSPS) is 14.6. The number of nitrogens with zero attached hydrogens (tertiary/aromatic N) is 1. The lowest BCUT2D eigenvalue weighted by molar-refractivity contribution is -0.121. The van der Waals surface area contributed by atoms with Crippen molar-refractivity contribution in [3.63, 3.8) is 0 Å². The van der Waals surface area contributed by atoms with Gasteiger partial charge in [0.15, 0.2) is 5.84 Å². The molecular formula is C14H21N3O3. The minimum Gasteiger partial charge on any atom is -0.409 e. The summed E-state index contributed by atoms with van der Waals surface area (Å²) in [7, 11) is 1.61. The molecule has 0 saturated heterocycles. The SMILES string of the molecule is COCC(C)CNC(=O)C(C(N)=NO)c1ccccc1. The Kier molecular flexibility index (Phi) is 6.52.